The number of nitrogens with two attached hydrogens (primary N) is 1. The minimum Gasteiger partial charge on any atom is -0.413 e. The first-order chi connectivity index (χ1) is 25.7. The van der Waals surface area contributed by atoms with Crippen LogP contribution in [0.4, 0.5) is 11.5 Å². The van der Waals surface area contributed by atoms with E-state index in [-0.39, 0.29) is 11.5 Å². The molecule has 14 nitrogen and oxygen atoms in total. The van der Waals surface area contributed by atoms with Gasteiger partial charge in [-0.1, -0.05) is 68.3 Å². The number of hydrogen-bond acceptors (Lipinski definition) is 12. The fourth-order valence-electron chi connectivity index (χ4n) is 6.47. The molecule has 1 fully saturated rings. The maximum atomic E-state index is 14.0. The highest BCUT2D eigenvalue weighted by Gasteiger charge is 2.58. The van der Waals surface area contributed by atoms with Crippen LogP contribution >= 0.6 is 19.3 Å². The van der Waals surface area contributed by atoms with E-state index in [2.05, 4.69) is 25.5 Å². The average molecular weight is 763 g/mol. The van der Waals surface area contributed by atoms with Gasteiger partial charge in [0.25, 0.3) is 0 Å². The van der Waals surface area contributed by atoms with Crippen LogP contribution in [0.2, 0.25) is 5.02 Å². The third kappa shape index (κ3) is 9.08. The quantitative estimate of drug-likeness (QED) is 0.0459. The molecule has 1 saturated heterocycles. The van der Waals surface area contributed by atoms with E-state index in [1.54, 1.807) is 42.6 Å². The molecule has 1 unspecified atom stereocenters. The van der Waals surface area contributed by atoms with Crippen molar-refractivity contribution in [1.29, 1.82) is 5.26 Å². The van der Waals surface area contributed by atoms with Gasteiger partial charge in [0.05, 0.1) is 17.8 Å². The first-order valence-corrected chi connectivity index (χ1v) is 19.7. The first-order valence-electron chi connectivity index (χ1n) is 17.8. The molecule has 6 N–H and O–H groups in total. The van der Waals surface area contributed by atoms with Crippen LogP contribution in [0.25, 0.3) is 16.4 Å². The Bertz CT molecular complexity index is 2070. The van der Waals surface area contributed by atoms with Gasteiger partial charge >= 0.3 is 7.75 Å². The minimum absolute atomic E-state index is 0.151. The molecule has 1 aliphatic heterocycles. The van der Waals surface area contributed by atoms with Crippen LogP contribution in [0, 0.1) is 11.3 Å². The number of anilines is 2. The van der Waals surface area contributed by atoms with Crippen molar-refractivity contribution in [2.75, 3.05) is 30.7 Å². The number of aromatic nitrogens is 4. The maximum absolute atomic E-state index is 14.0. The number of nitrogens with zero attached hydrogens (tertiary/aromatic N) is 5. The van der Waals surface area contributed by atoms with Crippen LogP contribution in [0.3, 0.4) is 0 Å². The van der Waals surface area contributed by atoms with E-state index in [0.717, 1.165) is 74.5 Å². The Labute approximate surface area is 312 Å². The summed E-state index contributed by atoms with van der Waals surface area (Å²) in [5, 5.41) is 44.6. The number of unbranched alkanes of at least 4 members (excludes halogenated alkanes) is 7. The SMILES string of the molecule is N#C[C@@]1(c2ccc3c(N)ncnn23)O[C@H](COP(=O)(NCCCCCCCCCCNc2ccnc3cc(Cl)ccc23)Oc2ccccc2)[C@@H](O)[C@H]1O. The second kappa shape index (κ2) is 17.7. The molecule has 4 heterocycles. The van der Waals surface area contributed by atoms with Crippen molar-refractivity contribution in [3.05, 3.63) is 90.0 Å². The molecule has 0 radical (unpaired) electrons. The number of nitrogens with one attached hydrogen (secondary N) is 2. The van der Waals surface area contributed by atoms with Crippen molar-refractivity contribution in [2.24, 2.45) is 0 Å². The van der Waals surface area contributed by atoms with Gasteiger partial charge in [0.2, 0.25) is 5.60 Å². The van der Waals surface area contributed by atoms with Crippen molar-refractivity contribution >= 4 is 47.3 Å². The lowest BCUT2D eigenvalue weighted by Gasteiger charge is -2.24. The highest BCUT2D eigenvalue weighted by molar-refractivity contribution is 7.52. The fraction of sp³-hybridized carbons (Fsp3) is 0.405. The lowest BCUT2D eigenvalue weighted by atomic mass is 9.92. The van der Waals surface area contributed by atoms with Crippen molar-refractivity contribution in [3.8, 4) is 11.8 Å². The Balaban J connectivity index is 0.938. The summed E-state index contributed by atoms with van der Waals surface area (Å²) in [6, 6.07) is 21.4. The molecule has 0 spiro atoms. The Kier molecular flexibility index (Phi) is 12.8. The number of ether oxygens (including phenoxy) is 1. The molecule has 0 aliphatic carbocycles. The second-order valence-corrected chi connectivity index (χ2v) is 15.2. The van der Waals surface area contributed by atoms with E-state index < -0.39 is 38.3 Å². The highest BCUT2D eigenvalue weighted by atomic mass is 35.5. The van der Waals surface area contributed by atoms with Crippen molar-refractivity contribution < 1.29 is 28.6 Å². The molecular weight excluding hydrogens is 719 g/mol. The van der Waals surface area contributed by atoms with Crippen LogP contribution in [0.5, 0.6) is 5.75 Å². The summed E-state index contributed by atoms with van der Waals surface area (Å²) in [6.45, 7) is 0.812. The zero-order valence-electron chi connectivity index (χ0n) is 29.2. The van der Waals surface area contributed by atoms with Crippen molar-refractivity contribution in [3.63, 3.8) is 0 Å². The van der Waals surface area contributed by atoms with E-state index >= 15 is 0 Å². The summed E-state index contributed by atoms with van der Waals surface area (Å²) in [6.07, 6.45) is 6.87. The smallest absolute Gasteiger partial charge is 0.413 e. The summed E-state index contributed by atoms with van der Waals surface area (Å²) in [4.78, 5) is 8.34. The van der Waals surface area contributed by atoms with E-state index in [1.807, 2.05) is 30.3 Å². The van der Waals surface area contributed by atoms with Gasteiger partial charge in [-0.15, -0.1) is 0 Å². The number of pyridine rings is 1. The van der Waals surface area contributed by atoms with Gasteiger partial charge < -0.3 is 30.5 Å². The Morgan fingerprint density at radius 2 is 1.72 bits per heavy atom. The van der Waals surface area contributed by atoms with Gasteiger partial charge in [-0.3, -0.25) is 9.51 Å². The molecule has 0 saturated carbocycles. The number of aliphatic hydroxyl groups is 2. The number of nitriles is 1. The molecule has 0 bridgehead atoms. The van der Waals surface area contributed by atoms with E-state index in [1.165, 1.54) is 16.9 Å². The number of para-hydroxylation sites is 1. The van der Waals surface area contributed by atoms with E-state index in [9.17, 15) is 20.0 Å². The number of aliphatic hydroxyl groups excluding tert-OH is 2. The van der Waals surface area contributed by atoms with Gasteiger partial charge in [-0.05, 0) is 61.4 Å². The number of halogens is 1. The summed E-state index contributed by atoms with van der Waals surface area (Å²) in [7, 11) is -3.97. The topological polar surface area (TPSA) is 202 Å². The average Bonchev–Trinajstić information content (AvgIpc) is 3.71. The number of hydrogen-bond donors (Lipinski definition) is 5. The normalized spacial score (nSPS) is 21.1. The molecule has 16 heteroatoms. The van der Waals surface area contributed by atoms with E-state index in [4.69, 9.17) is 31.1 Å². The fourth-order valence-corrected chi connectivity index (χ4v) is 8.02. The zero-order chi connectivity index (χ0) is 37.3. The number of benzene rings is 2. The van der Waals surface area contributed by atoms with Crippen LogP contribution in [-0.4, -0.2) is 67.8 Å². The molecule has 2 aromatic carbocycles. The standard InChI is InChI=1S/C37H44ClN8O6P/c38-26-14-15-28-29(18-21-42-30(28)22-26)41-19-10-5-3-1-2-4-6-11-20-45-53(49,52-27-12-8-7-9-13-27)50-23-32-34(47)35(48)37(24-39,51-32)33-17-16-31-36(40)43-25-44-46(31)33/h7-9,12-18,21-22,25,32,34-35,47-48H,1-6,10-11,19-20,23H2,(H,41,42)(H,45,49)(H2,40,43,44)/t32-,34-,35-,37+,53?/m1/s1. The van der Waals surface area contributed by atoms with E-state index in [0.29, 0.717) is 22.8 Å². The Hall–Kier alpha value is -4.32. The van der Waals surface area contributed by atoms with Crippen molar-refractivity contribution in [2.45, 2.75) is 75.3 Å². The molecular formula is C37H44ClN8O6P. The number of fused-ring (bicyclic) bond motifs is 2. The Morgan fingerprint density at radius 1 is 0.981 bits per heavy atom. The van der Waals surface area contributed by atoms with Crippen molar-refractivity contribution in [1.82, 2.24) is 24.7 Å². The lowest BCUT2D eigenvalue weighted by Crippen LogP contribution is -2.41. The van der Waals surface area contributed by atoms with Crippen LogP contribution in [0.15, 0.2) is 79.3 Å². The highest BCUT2D eigenvalue weighted by Crippen LogP contribution is 2.47. The predicted molar refractivity (Wildman–Crippen MR) is 202 cm³/mol. The van der Waals surface area contributed by atoms with Gasteiger partial charge in [0.15, 0.2) is 5.82 Å². The predicted octanol–water partition coefficient (Wildman–Crippen LogP) is 6.38. The van der Waals surface area contributed by atoms with Crippen LogP contribution in [0.1, 0.15) is 57.1 Å². The monoisotopic (exact) mass is 762 g/mol. The van der Waals surface area contributed by atoms with Gasteiger partial charge in [0.1, 0.15) is 42.0 Å². The summed E-state index contributed by atoms with van der Waals surface area (Å²) < 4.78 is 32.9. The molecule has 0 amide bonds. The lowest BCUT2D eigenvalue weighted by molar-refractivity contribution is -0.0620. The molecule has 53 heavy (non-hydrogen) atoms. The largest absolute Gasteiger partial charge is 0.458 e. The third-order valence-electron chi connectivity index (χ3n) is 9.29. The van der Waals surface area contributed by atoms with Crippen LogP contribution in [-0.2, 0) is 19.4 Å². The molecule has 5 aromatic rings. The minimum atomic E-state index is -3.97. The van der Waals surface area contributed by atoms with Crippen LogP contribution < -0.4 is 20.7 Å². The molecule has 5 atom stereocenters. The summed E-state index contributed by atoms with van der Waals surface area (Å²) >= 11 is 6.10. The number of nitrogen functional groups attached to an aromatic ring is 1. The molecule has 6 rings (SSSR count). The second-order valence-electron chi connectivity index (χ2n) is 13.0. The summed E-state index contributed by atoms with van der Waals surface area (Å²) in [5.41, 5.74) is 6.43. The van der Waals surface area contributed by atoms with Gasteiger partial charge in [-0.2, -0.15) is 10.4 Å². The zero-order valence-corrected chi connectivity index (χ0v) is 30.8. The molecule has 3 aromatic heterocycles. The maximum Gasteiger partial charge on any atom is 0.458 e. The number of rotatable bonds is 19. The Morgan fingerprint density at radius 3 is 2.47 bits per heavy atom. The summed E-state index contributed by atoms with van der Waals surface area (Å²) in [5.74, 6) is 0.494. The first kappa shape index (κ1) is 38.4. The van der Waals surface area contributed by atoms with Gasteiger partial charge in [-0.25, -0.2) is 19.2 Å². The molecule has 1 aliphatic rings. The molecule has 280 valence electrons. The van der Waals surface area contributed by atoms with Gasteiger partial charge in [0, 0.05) is 35.4 Å². The third-order valence-corrected chi connectivity index (χ3v) is 11.1.